The molecule has 0 aliphatic rings. The average Bonchev–Trinajstić information content (AvgIpc) is 2.96. The smallest absolute Gasteiger partial charge is 0.0593 e. The van der Waals surface area contributed by atoms with Gasteiger partial charge in [0.05, 0.1) is 6.04 Å². The summed E-state index contributed by atoms with van der Waals surface area (Å²) in [4.78, 5) is 0. The highest BCUT2D eigenvalue weighted by Gasteiger charge is 2.18. The van der Waals surface area contributed by atoms with Crippen molar-refractivity contribution in [2.24, 2.45) is 0 Å². The van der Waals surface area contributed by atoms with Gasteiger partial charge in [-0.25, -0.2) is 0 Å². The molecule has 1 atom stereocenters. The first kappa shape index (κ1) is 14.3. The maximum atomic E-state index is 3.67. The molecule has 21 heavy (non-hydrogen) atoms. The molecule has 1 N–H and O–H groups in total. The summed E-state index contributed by atoms with van der Waals surface area (Å²) in [6, 6.07) is 17.8. The van der Waals surface area contributed by atoms with Crippen molar-refractivity contribution in [2.75, 3.05) is 6.54 Å². The van der Waals surface area contributed by atoms with Crippen molar-refractivity contribution in [1.29, 1.82) is 0 Å². The van der Waals surface area contributed by atoms with Gasteiger partial charge in [0.15, 0.2) is 0 Å². The highest BCUT2D eigenvalue weighted by molar-refractivity contribution is 7.17. The van der Waals surface area contributed by atoms with Crippen LogP contribution in [0.15, 0.2) is 53.9 Å². The molecule has 3 aromatic rings. The number of aryl methyl sites for hydroxylation is 1. The molecular weight excluding hydrogens is 274 g/mol. The molecule has 1 heterocycles. The monoisotopic (exact) mass is 295 g/mol. The molecule has 0 radical (unpaired) electrons. The third-order valence-corrected chi connectivity index (χ3v) is 4.96. The molecule has 0 fully saturated rings. The van der Waals surface area contributed by atoms with Gasteiger partial charge < -0.3 is 5.32 Å². The Morgan fingerprint density at radius 3 is 2.52 bits per heavy atom. The van der Waals surface area contributed by atoms with Crippen LogP contribution in [0.1, 0.15) is 36.6 Å². The second kappa shape index (κ2) is 6.42. The van der Waals surface area contributed by atoms with Crippen LogP contribution in [0.2, 0.25) is 0 Å². The Morgan fingerprint density at radius 2 is 1.71 bits per heavy atom. The molecule has 2 heteroatoms. The van der Waals surface area contributed by atoms with E-state index in [9.17, 15) is 0 Å². The molecule has 0 aliphatic heterocycles. The van der Waals surface area contributed by atoms with Crippen LogP contribution in [0.5, 0.6) is 0 Å². The van der Waals surface area contributed by atoms with Crippen LogP contribution in [-0.2, 0) is 6.42 Å². The summed E-state index contributed by atoms with van der Waals surface area (Å²) in [7, 11) is 0. The standard InChI is InChI=1S/C19H21NS/c1-3-14-9-5-6-10-15(14)19(20-4-2)17-13-21-18-12-8-7-11-16(17)18/h5-13,19-20H,3-4H2,1-2H3. The highest BCUT2D eigenvalue weighted by Crippen LogP contribution is 2.34. The number of rotatable bonds is 5. The molecular formula is C19H21NS. The van der Waals surface area contributed by atoms with Crippen LogP contribution in [0.25, 0.3) is 10.1 Å². The minimum Gasteiger partial charge on any atom is -0.306 e. The Labute approximate surface area is 130 Å². The van der Waals surface area contributed by atoms with Crippen molar-refractivity contribution >= 4 is 21.4 Å². The number of nitrogens with one attached hydrogen (secondary N) is 1. The van der Waals surface area contributed by atoms with Gasteiger partial charge >= 0.3 is 0 Å². The number of fused-ring (bicyclic) bond motifs is 1. The third-order valence-electron chi connectivity index (χ3n) is 3.98. The molecule has 2 aromatic carbocycles. The number of thiophene rings is 1. The molecule has 0 saturated heterocycles. The number of hydrogen-bond acceptors (Lipinski definition) is 2. The van der Waals surface area contributed by atoms with Gasteiger partial charge in [0.2, 0.25) is 0 Å². The van der Waals surface area contributed by atoms with E-state index in [1.807, 2.05) is 11.3 Å². The zero-order valence-corrected chi connectivity index (χ0v) is 13.4. The predicted molar refractivity (Wildman–Crippen MR) is 93.2 cm³/mol. The first-order chi connectivity index (χ1) is 10.3. The Balaban J connectivity index is 2.13. The normalized spacial score (nSPS) is 12.7. The maximum Gasteiger partial charge on any atom is 0.0593 e. The predicted octanol–water partition coefficient (Wildman–Crippen LogP) is 5.16. The van der Waals surface area contributed by atoms with Crippen molar-refractivity contribution in [3.63, 3.8) is 0 Å². The molecule has 0 aliphatic carbocycles. The fourth-order valence-corrected chi connectivity index (χ4v) is 3.94. The summed E-state index contributed by atoms with van der Waals surface area (Å²) in [5, 5.41) is 7.36. The van der Waals surface area contributed by atoms with Gasteiger partial charge in [-0.2, -0.15) is 0 Å². The molecule has 0 saturated carbocycles. The lowest BCUT2D eigenvalue weighted by Gasteiger charge is -2.21. The van der Waals surface area contributed by atoms with Gasteiger partial charge in [0, 0.05) is 4.70 Å². The fraction of sp³-hybridized carbons (Fsp3) is 0.263. The van der Waals surface area contributed by atoms with E-state index in [2.05, 4.69) is 73.1 Å². The van der Waals surface area contributed by atoms with Gasteiger partial charge in [-0.1, -0.05) is 56.3 Å². The van der Waals surface area contributed by atoms with Gasteiger partial charge in [-0.15, -0.1) is 11.3 Å². The maximum absolute atomic E-state index is 3.67. The van der Waals surface area contributed by atoms with Gasteiger partial charge in [0.1, 0.15) is 0 Å². The van der Waals surface area contributed by atoms with Crippen LogP contribution >= 0.6 is 11.3 Å². The van der Waals surface area contributed by atoms with Crippen LogP contribution < -0.4 is 5.32 Å². The van der Waals surface area contributed by atoms with Gasteiger partial charge in [0.25, 0.3) is 0 Å². The van der Waals surface area contributed by atoms with E-state index in [0.29, 0.717) is 0 Å². The zero-order chi connectivity index (χ0) is 14.7. The zero-order valence-electron chi connectivity index (χ0n) is 12.6. The summed E-state index contributed by atoms with van der Waals surface area (Å²) < 4.78 is 1.37. The quantitative estimate of drug-likeness (QED) is 0.685. The Hall–Kier alpha value is -1.64. The molecule has 3 rings (SSSR count). The summed E-state index contributed by atoms with van der Waals surface area (Å²) in [5.74, 6) is 0. The molecule has 0 amide bonds. The molecule has 108 valence electrons. The second-order valence-electron chi connectivity index (χ2n) is 5.23. The summed E-state index contributed by atoms with van der Waals surface area (Å²) >= 11 is 1.84. The van der Waals surface area contributed by atoms with Crippen LogP contribution in [-0.4, -0.2) is 6.54 Å². The minimum absolute atomic E-state index is 0.280. The Morgan fingerprint density at radius 1 is 0.952 bits per heavy atom. The lowest BCUT2D eigenvalue weighted by atomic mass is 9.93. The average molecular weight is 295 g/mol. The van der Waals surface area contributed by atoms with E-state index >= 15 is 0 Å². The van der Waals surface area contributed by atoms with Crippen LogP contribution in [0, 0.1) is 0 Å². The summed E-state index contributed by atoms with van der Waals surface area (Å²) in [6.45, 7) is 5.37. The number of hydrogen-bond donors (Lipinski definition) is 1. The van der Waals surface area contributed by atoms with Crippen LogP contribution in [0.4, 0.5) is 0 Å². The van der Waals surface area contributed by atoms with E-state index < -0.39 is 0 Å². The third kappa shape index (κ3) is 2.74. The van der Waals surface area contributed by atoms with Crippen molar-refractivity contribution in [1.82, 2.24) is 5.32 Å². The van der Waals surface area contributed by atoms with Crippen molar-refractivity contribution in [2.45, 2.75) is 26.3 Å². The lowest BCUT2D eigenvalue weighted by Crippen LogP contribution is -2.22. The van der Waals surface area contributed by atoms with E-state index in [1.54, 1.807) is 0 Å². The van der Waals surface area contributed by atoms with Gasteiger partial charge in [-0.05, 0) is 46.5 Å². The topological polar surface area (TPSA) is 12.0 Å². The Kier molecular flexibility index (Phi) is 4.37. The molecule has 0 bridgehead atoms. The van der Waals surface area contributed by atoms with E-state index in [0.717, 1.165) is 13.0 Å². The lowest BCUT2D eigenvalue weighted by molar-refractivity contribution is 0.630. The van der Waals surface area contributed by atoms with Crippen LogP contribution in [0.3, 0.4) is 0 Å². The fourth-order valence-electron chi connectivity index (χ4n) is 2.95. The summed E-state index contributed by atoms with van der Waals surface area (Å²) in [6.07, 6.45) is 1.07. The van der Waals surface area contributed by atoms with Crippen molar-refractivity contribution in [3.8, 4) is 0 Å². The molecule has 1 aromatic heterocycles. The van der Waals surface area contributed by atoms with E-state index in [-0.39, 0.29) is 6.04 Å². The van der Waals surface area contributed by atoms with Gasteiger partial charge in [-0.3, -0.25) is 0 Å². The SMILES string of the molecule is CCNC(c1ccccc1CC)c1csc2ccccc12. The largest absolute Gasteiger partial charge is 0.306 e. The second-order valence-corrected chi connectivity index (χ2v) is 6.14. The molecule has 1 unspecified atom stereocenters. The van der Waals surface area contributed by atoms with Crippen molar-refractivity contribution < 1.29 is 0 Å². The molecule has 1 nitrogen and oxygen atoms in total. The minimum atomic E-state index is 0.280. The Bertz CT molecular complexity index is 729. The first-order valence-corrected chi connectivity index (χ1v) is 8.50. The number of benzene rings is 2. The highest BCUT2D eigenvalue weighted by atomic mass is 32.1. The first-order valence-electron chi connectivity index (χ1n) is 7.62. The van der Waals surface area contributed by atoms with E-state index in [1.165, 1.54) is 26.8 Å². The van der Waals surface area contributed by atoms with Crippen molar-refractivity contribution in [3.05, 3.63) is 70.6 Å². The van der Waals surface area contributed by atoms with E-state index in [4.69, 9.17) is 0 Å². The molecule has 0 spiro atoms. The summed E-state index contributed by atoms with van der Waals surface area (Å²) in [5.41, 5.74) is 4.24.